The Kier molecular flexibility index (Phi) is 6.82. The summed E-state index contributed by atoms with van der Waals surface area (Å²) in [5.41, 5.74) is -0.527. The highest BCUT2D eigenvalue weighted by Crippen LogP contribution is 2.59. The molecule has 0 aliphatic carbocycles. The van der Waals surface area contributed by atoms with E-state index in [-0.39, 0.29) is 11.9 Å². The van der Waals surface area contributed by atoms with Crippen molar-refractivity contribution in [2.24, 2.45) is 11.8 Å². The second-order valence-corrected chi connectivity index (χ2v) is 9.67. The van der Waals surface area contributed by atoms with Gasteiger partial charge in [-0.15, -0.1) is 6.58 Å². The average molecular weight is 471 g/mol. The first kappa shape index (κ1) is 24.4. The Bertz CT molecular complexity index is 952. The summed E-state index contributed by atoms with van der Waals surface area (Å²) in [6, 6.07) is 7.16. The molecule has 8 heteroatoms. The monoisotopic (exact) mass is 470 g/mol. The molecule has 2 amide bonds. The number of aliphatic hydroxyl groups excluding tert-OH is 1. The largest absolute Gasteiger partial charge is 0.481 e. The van der Waals surface area contributed by atoms with Crippen LogP contribution >= 0.6 is 0 Å². The molecule has 3 fully saturated rings. The van der Waals surface area contributed by atoms with Gasteiger partial charge in [-0.05, 0) is 31.7 Å². The Hall–Kier alpha value is -2.71. The fourth-order valence-electron chi connectivity index (χ4n) is 6.37. The third kappa shape index (κ3) is 3.64. The molecule has 3 unspecified atom stereocenters. The average Bonchev–Trinajstić information content (AvgIpc) is 3.46. The quantitative estimate of drug-likeness (QED) is 0.509. The van der Waals surface area contributed by atoms with Crippen molar-refractivity contribution in [1.29, 1.82) is 0 Å². The van der Waals surface area contributed by atoms with Gasteiger partial charge in [0, 0.05) is 12.6 Å². The van der Waals surface area contributed by atoms with Crippen LogP contribution in [0.4, 0.5) is 0 Å². The van der Waals surface area contributed by atoms with Crippen molar-refractivity contribution in [3.63, 3.8) is 0 Å². The number of amides is 2. The number of carboxylic acids is 1. The number of rotatable bonds is 10. The van der Waals surface area contributed by atoms with Gasteiger partial charge >= 0.3 is 5.97 Å². The van der Waals surface area contributed by atoms with Crippen molar-refractivity contribution in [3.8, 4) is 0 Å². The van der Waals surface area contributed by atoms with Crippen LogP contribution in [0, 0.1) is 11.8 Å². The van der Waals surface area contributed by atoms with Gasteiger partial charge in [-0.25, -0.2) is 0 Å². The molecule has 2 bridgehead atoms. The number of ether oxygens (including phenoxy) is 1. The Labute approximate surface area is 200 Å². The number of likely N-dealkylation sites (tertiary alicyclic amines) is 1. The first-order chi connectivity index (χ1) is 16.3. The molecule has 0 radical (unpaired) electrons. The van der Waals surface area contributed by atoms with Crippen LogP contribution < -0.4 is 0 Å². The van der Waals surface area contributed by atoms with Gasteiger partial charge in [-0.1, -0.05) is 49.8 Å². The lowest BCUT2D eigenvalue weighted by molar-refractivity contribution is -0.154. The third-order valence-electron chi connectivity index (χ3n) is 7.80. The molecule has 2 N–H and O–H groups in total. The number of benzene rings is 1. The highest BCUT2D eigenvalue weighted by Gasteiger charge is 2.75. The molecular weight excluding hydrogens is 436 g/mol. The molecule has 3 aliphatic heterocycles. The molecular formula is C26H34N2O6. The van der Waals surface area contributed by atoms with Crippen molar-refractivity contribution in [2.75, 3.05) is 13.2 Å². The van der Waals surface area contributed by atoms with Gasteiger partial charge in [-0.3, -0.25) is 14.4 Å². The zero-order valence-electron chi connectivity index (χ0n) is 19.8. The molecule has 8 nitrogen and oxygen atoms in total. The van der Waals surface area contributed by atoms with Crippen LogP contribution in [0.1, 0.15) is 51.1 Å². The van der Waals surface area contributed by atoms with Gasteiger partial charge in [0.25, 0.3) is 0 Å². The highest BCUT2D eigenvalue weighted by atomic mass is 16.5. The van der Waals surface area contributed by atoms with Crippen molar-refractivity contribution >= 4 is 17.8 Å². The molecule has 4 rings (SSSR count). The van der Waals surface area contributed by atoms with Crippen LogP contribution in [0.25, 0.3) is 0 Å². The normalized spacial score (nSPS) is 31.3. The molecule has 34 heavy (non-hydrogen) atoms. The molecule has 1 spiro atoms. The van der Waals surface area contributed by atoms with Gasteiger partial charge in [0.15, 0.2) is 0 Å². The van der Waals surface area contributed by atoms with E-state index in [4.69, 9.17) is 4.74 Å². The van der Waals surface area contributed by atoms with E-state index in [1.54, 1.807) is 23.1 Å². The number of carboxylic acid groups (broad SMARTS) is 1. The third-order valence-corrected chi connectivity index (χ3v) is 7.80. The van der Waals surface area contributed by atoms with Crippen LogP contribution in [0.3, 0.4) is 0 Å². The maximum absolute atomic E-state index is 14.2. The number of aliphatic carboxylic acids is 1. The number of aliphatic hydroxyl groups is 1. The van der Waals surface area contributed by atoms with Crippen LogP contribution in [-0.4, -0.2) is 74.7 Å². The molecule has 184 valence electrons. The zero-order chi connectivity index (χ0) is 24.6. The van der Waals surface area contributed by atoms with E-state index in [1.807, 2.05) is 32.0 Å². The Morgan fingerprint density at radius 1 is 1.35 bits per heavy atom. The lowest BCUT2D eigenvalue weighted by Crippen LogP contribution is -2.58. The van der Waals surface area contributed by atoms with Crippen molar-refractivity contribution in [3.05, 3.63) is 48.6 Å². The summed E-state index contributed by atoms with van der Waals surface area (Å²) >= 11 is 0. The predicted octanol–water partition coefficient (Wildman–Crippen LogP) is 2.38. The van der Waals surface area contributed by atoms with E-state index >= 15 is 0 Å². The summed E-state index contributed by atoms with van der Waals surface area (Å²) in [4.78, 5) is 43.5. The number of carbonyl (C=O) groups excluding carboxylic acids is 2. The minimum Gasteiger partial charge on any atom is -0.481 e. The van der Waals surface area contributed by atoms with Crippen LogP contribution in [0.5, 0.6) is 0 Å². The molecule has 1 aromatic rings. The maximum Gasteiger partial charge on any atom is 0.310 e. The SMILES string of the molecule is C=CCN(C(=O)C1N([C@H](CO)c2ccccc2)C(=O)[C@@H]2[C@H](C(=O)O)[C@@H]3CCC12O3)C(C)CCC. The van der Waals surface area contributed by atoms with E-state index in [0.29, 0.717) is 24.9 Å². The van der Waals surface area contributed by atoms with Crippen molar-refractivity contribution in [2.45, 2.75) is 69.4 Å². The Morgan fingerprint density at radius 2 is 2.06 bits per heavy atom. The molecule has 0 saturated carbocycles. The lowest BCUT2D eigenvalue weighted by atomic mass is 9.70. The maximum atomic E-state index is 14.2. The van der Waals surface area contributed by atoms with Crippen LogP contribution in [0.2, 0.25) is 0 Å². The topological polar surface area (TPSA) is 107 Å². The number of carbonyl (C=O) groups is 3. The van der Waals surface area contributed by atoms with Gasteiger partial charge < -0.3 is 24.7 Å². The van der Waals surface area contributed by atoms with Gasteiger partial charge in [0.05, 0.1) is 30.6 Å². The number of hydrogen-bond acceptors (Lipinski definition) is 5. The Balaban J connectivity index is 1.84. The first-order valence-electron chi connectivity index (χ1n) is 12.1. The predicted molar refractivity (Wildman–Crippen MR) is 125 cm³/mol. The van der Waals surface area contributed by atoms with E-state index in [0.717, 1.165) is 12.8 Å². The van der Waals surface area contributed by atoms with Crippen molar-refractivity contribution < 1.29 is 29.3 Å². The van der Waals surface area contributed by atoms with E-state index in [2.05, 4.69) is 6.58 Å². The summed E-state index contributed by atoms with van der Waals surface area (Å²) in [5, 5.41) is 20.4. The molecule has 1 aromatic carbocycles. The summed E-state index contributed by atoms with van der Waals surface area (Å²) in [6.07, 6.45) is 3.65. The summed E-state index contributed by atoms with van der Waals surface area (Å²) < 4.78 is 6.29. The molecule has 0 aromatic heterocycles. The fourth-order valence-corrected chi connectivity index (χ4v) is 6.37. The van der Waals surface area contributed by atoms with E-state index in [1.165, 1.54) is 4.90 Å². The molecule has 3 saturated heterocycles. The second-order valence-electron chi connectivity index (χ2n) is 9.67. The summed E-state index contributed by atoms with van der Waals surface area (Å²) in [5.74, 6) is -3.75. The number of hydrogen-bond donors (Lipinski definition) is 2. The van der Waals surface area contributed by atoms with E-state index in [9.17, 15) is 24.6 Å². The number of fused-ring (bicyclic) bond motifs is 1. The number of nitrogens with zero attached hydrogens (tertiary/aromatic N) is 2. The van der Waals surface area contributed by atoms with Gasteiger partial charge in [-0.2, -0.15) is 0 Å². The molecule has 3 aliphatic rings. The summed E-state index contributed by atoms with van der Waals surface area (Å²) in [7, 11) is 0. The lowest BCUT2D eigenvalue weighted by Gasteiger charge is -2.41. The van der Waals surface area contributed by atoms with Gasteiger partial charge in [0.1, 0.15) is 11.6 Å². The highest BCUT2D eigenvalue weighted by molar-refractivity contribution is 5.98. The van der Waals surface area contributed by atoms with E-state index < -0.39 is 54.1 Å². The van der Waals surface area contributed by atoms with Gasteiger partial charge in [0.2, 0.25) is 11.8 Å². The minimum absolute atomic E-state index is 0.0962. The Morgan fingerprint density at radius 3 is 2.65 bits per heavy atom. The van der Waals surface area contributed by atoms with Crippen LogP contribution in [-0.2, 0) is 19.1 Å². The van der Waals surface area contributed by atoms with Crippen molar-refractivity contribution in [1.82, 2.24) is 9.80 Å². The summed E-state index contributed by atoms with van der Waals surface area (Å²) in [6.45, 7) is 7.73. The smallest absolute Gasteiger partial charge is 0.310 e. The van der Waals surface area contributed by atoms with Crippen LogP contribution in [0.15, 0.2) is 43.0 Å². The molecule has 3 heterocycles. The standard InChI is InChI=1S/C26H34N2O6/c1-4-9-16(3)27(14-5-2)24(31)22-26-13-12-19(34-26)20(25(32)33)21(26)23(30)28(22)18(15-29)17-10-7-6-8-11-17/h5-8,10-11,16,18-22,29H,2,4,9,12-15H2,1,3H3,(H,32,33)/t16?,18-,19+,20-,21+,22?,26?/m1/s1. The first-order valence-corrected chi connectivity index (χ1v) is 12.1. The fraction of sp³-hybridized carbons (Fsp3) is 0.577. The zero-order valence-corrected chi connectivity index (χ0v) is 19.8. The second kappa shape index (κ2) is 9.50. The minimum atomic E-state index is -1.21. The molecule has 7 atom stereocenters.